The fraction of sp³-hybridized carbons (Fsp3) is 0.538. The highest BCUT2D eigenvalue weighted by Crippen LogP contribution is 2.28. The molecule has 0 radical (unpaired) electrons. The molecule has 0 spiro atoms. The van der Waals surface area contributed by atoms with Gasteiger partial charge in [0, 0.05) is 11.1 Å². The fourth-order valence-electron chi connectivity index (χ4n) is 2.44. The van der Waals surface area contributed by atoms with Crippen LogP contribution in [0.1, 0.15) is 37.8 Å². The molecule has 1 unspecified atom stereocenters. The molecule has 0 amide bonds. The van der Waals surface area contributed by atoms with Crippen molar-refractivity contribution in [2.45, 2.75) is 32.2 Å². The van der Waals surface area contributed by atoms with E-state index in [2.05, 4.69) is 24.0 Å². The SMILES string of the molecule is CCC(c1ccc(Cl)cc1)N1CCCC1.Cl. The molecular weight excluding hydrogens is 241 g/mol. The van der Waals surface area contributed by atoms with Crippen molar-refractivity contribution in [3.63, 3.8) is 0 Å². The molecule has 0 aliphatic carbocycles. The maximum atomic E-state index is 5.91. The molecule has 1 aliphatic rings. The Labute approximate surface area is 109 Å². The van der Waals surface area contributed by atoms with E-state index in [1.165, 1.54) is 37.9 Å². The molecule has 2 rings (SSSR count). The topological polar surface area (TPSA) is 3.24 Å². The van der Waals surface area contributed by atoms with Crippen molar-refractivity contribution < 1.29 is 0 Å². The molecule has 1 saturated heterocycles. The summed E-state index contributed by atoms with van der Waals surface area (Å²) >= 11 is 5.91. The van der Waals surface area contributed by atoms with Gasteiger partial charge in [-0.2, -0.15) is 0 Å². The van der Waals surface area contributed by atoms with Crippen LogP contribution in [0.4, 0.5) is 0 Å². The number of rotatable bonds is 3. The van der Waals surface area contributed by atoms with Crippen LogP contribution in [0.25, 0.3) is 0 Å². The van der Waals surface area contributed by atoms with E-state index in [1.54, 1.807) is 0 Å². The summed E-state index contributed by atoms with van der Waals surface area (Å²) in [7, 11) is 0. The molecule has 1 atom stereocenters. The van der Waals surface area contributed by atoms with Crippen molar-refractivity contribution in [1.82, 2.24) is 4.90 Å². The lowest BCUT2D eigenvalue weighted by Crippen LogP contribution is -2.24. The Balaban J connectivity index is 0.00000128. The van der Waals surface area contributed by atoms with E-state index in [-0.39, 0.29) is 12.4 Å². The third-order valence-electron chi connectivity index (χ3n) is 3.22. The smallest absolute Gasteiger partial charge is 0.0406 e. The summed E-state index contributed by atoms with van der Waals surface area (Å²) in [5.41, 5.74) is 1.41. The van der Waals surface area contributed by atoms with Crippen LogP contribution in [0.2, 0.25) is 5.02 Å². The van der Waals surface area contributed by atoms with Gasteiger partial charge in [0.1, 0.15) is 0 Å². The van der Waals surface area contributed by atoms with Crippen LogP contribution in [-0.4, -0.2) is 18.0 Å². The normalized spacial score (nSPS) is 18.1. The van der Waals surface area contributed by atoms with E-state index in [4.69, 9.17) is 11.6 Å². The molecule has 90 valence electrons. The Bertz CT molecular complexity index is 304. The second-order valence-electron chi connectivity index (χ2n) is 4.22. The van der Waals surface area contributed by atoms with Crippen molar-refractivity contribution in [3.05, 3.63) is 34.9 Å². The third kappa shape index (κ3) is 3.13. The maximum Gasteiger partial charge on any atom is 0.0406 e. The molecule has 1 heterocycles. The highest BCUT2D eigenvalue weighted by molar-refractivity contribution is 6.30. The van der Waals surface area contributed by atoms with Gasteiger partial charge in [0.2, 0.25) is 0 Å². The molecule has 1 aromatic carbocycles. The zero-order chi connectivity index (χ0) is 10.7. The summed E-state index contributed by atoms with van der Waals surface area (Å²) in [6, 6.07) is 8.90. The highest BCUT2D eigenvalue weighted by atomic mass is 35.5. The van der Waals surface area contributed by atoms with Crippen LogP contribution in [0, 0.1) is 0 Å². The predicted molar refractivity (Wildman–Crippen MR) is 72.5 cm³/mol. The lowest BCUT2D eigenvalue weighted by Gasteiger charge is -2.26. The zero-order valence-electron chi connectivity index (χ0n) is 9.66. The number of hydrogen-bond acceptors (Lipinski definition) is 1. The van der Waals surface area contributed by atoms with Crippen molar-refractivity contribution in [3.8, 4) is 0 Å². The van der Waals surface area contributed by atoms with E-state index < -0.39 is 0 Å². The standard InChI is InChI=1S/C13H18ClN.ClH/c1-2-13(15-9-3-4-10-15)11-5-7-12(14)8-6-11;/h5-8,13H,2-4,9-10H2,1H3;1H. The Morgan fingerprint density at radius 2 is 1.75 bits per heavy atom. The quantitative estimate of drug-likeness (QED) is 0.782. The van der Waals surface area contributed by atoms with E-state index in [0.717, 1.165) is 5.02 Å². The average Bonchev–Trinajstić information content (AvgIpc) is 2.75. The first-order valence-electron chi connectivity index (χ1n) is 5.81. The van der Waals surface area contributed by atoms with Gasteiger partial charge in [0.15, 0.2) is 0 Å². The molecule has 1 aromatic rings. The molecule has 16 heavy (non-hydrogen) atoms. The van der Waals surface area contributed by atoms with E-state index in [0.29, 0.717) is 6.04 Å². The van der Waals surface area contributed by atoms with Crippen molar-refractivity contribution >= 4 is 24.0 Å². The van der Waals surface area contributed by atoms with Crippen LogP contribution in [0.5, 0.6) is 0 Å². The first-order chi connectivity index (χ1) is 7.31. The summed E-state index contributed by atoms with van der Waals surface area (Å²) in [6.45, 7) is 4.76. The van der Waals surface area contributed by atoms with Gasteiger partial charge in [-0.3, -0.25) is 4.90 Å². The molecule has 0 N–H and O–H groups in total. The minimum atomic E-state index is 0. The van der Waals surface area contributed by atoms with Gasteiger partial charge >= 0.3 is 0 Å². The first kappa shape index (κ1) is 13.8. The van der Waals surface area contributed by atoms with Gasteiger partial charge in [-0.05, 0) is 50.0 Å². The average molecular weight is 260 g/mol. The predicted octanol–water partition coefficient (Wildman–Crippen LogP) is 4.31. The minimum Gasteiger partial charge on any atom is -0.296 e. The summed E-state index contributed by atoms with van der Waals surface area (Å²) < 4.78 is 0. The Morgan fingerprint density at radius 1 is 1.19 bits per heavy atom. The number of likely N-dealkylation sites (tertiary alicyclic amines) is 1. The van der Waals surface area contributed by atoms with Crippen LogP contribution in [-0.2, 0) is 0 Å². The fourth-order valence-corrected chi connectivity index (χ4v) is 2.57. The summed E-state index contributed by atoms with van der Waals surface area (Å²) in [5, 5.41) is 0.829. The Hall–Kier alpha value is -0.240. The molecule has 0 saturated carbocycles. The molecule has 1 nitrogen and oxygen atoms in total. The van der Waals surface area contributed by atoms with Gasteiger partial charge in [-0.15, -0.1) is 12.4 Å². The monoisotopic (exact) mass is 259 g/mol. The lowest BCUT2D eigenvalue weighted by atomic mass is 10.0. The van der Waals surface area contributed by atoms with Crippen molar-refractivity contribution in [1.29, 1.82) is 0 Å². The highest BCUT2D eigenvalue weighted by Gasteiger charge is 2.21. The van der Waals surface area contributed by atoms with E-state index in [9.17, 15) is 0 Å². The molecular formula is C13H19Cl2N. The Morgan fingerprint density at radius 3 is 2.25 bits per heavy atom. The second kappa shape index (κ2) is 6.48. The van der Waals surface area contributed by atoms with Crippen LogP contribution in [0.3, 0.4) is 0 Å². The van der Waals surface area contributed by atoms with Crippen molar-refractivity contribution in [2.24, 2.45) is 0 Å². The van der Waals surface area contributed by atoms with Gasteiger partial charge in [-0.1, -0.05) is 30.7 Å². The molecule has 0 bridgehead atoms. The van der Waals surface area contributed by atoms with Crippen LogP contribution < -0.4 is 0 Å². The first-order valence-corrected chi connectivity index (χ1v) is 6.18. The molecule has 0 aromatic heterocycles. The molecule has 3 heteroatoms. The number of benzene rings is 1. The Kier molecular flexibility index (Phi) is 5.60. The molecule has 1 fully saturated rings. The van der Waals surface area contributed by atoms with Gasteiger partial charge < -0.3 is 0 Å². The number of nitrogens with zero attached hydrogens (tertiary/aromatic N) is 1. The zero-order valence-corrected chi connectivity index (χ0v) is 11.2. The van der Waals surface area contributed by atoms with Crippen molar-refractivity contribution in [2.75, 3.05) is 13.1 Å². The van der Waals surface area contributed by atoms with Crippen LogP contribution >= 0.6 is 24.0 Å². The largest absolute Gasteiger partial charge is 0.296 e. The van der Waals surface area contributed by atoms with Gasteiger partial charge in [-0.25, -0.2) is 0 Å². The summed E-state index contributed by atoms with van der Waals surface area (Å²) in [6.07, 6.45) is 3.88. The number of hydrogen-bond donors (Lipinski definition) is 0. The number of halogens is 2. The van der Waals surface area contributed by atoms with E-state index in [1.807, 2.05) is 12.1 Å². The minimum absolute atomic E-state index is 0. The second-order valence-corrected chi connectivity index (χ2v) is 4.66. The van der Waals surface area contributed by atoms with Gasteiger partial charge in [0.05, 0.1) is 0 Å². The van der Waals surface area contributed by atoms with E-state index >= 15 is 0 Å². The summed E-state index contributed by atoms with van der Waals surface area (Å²) in [5.74, 6) is 0. The lowest BCUT2D eigenvalue weighted by molar-refractivity contribution is 0.239. The third-order valence-corrected chi connectivity index (χ3v) is 3.47. The summed E-state index contributed by atoms with van der Waals surface area (Å²) in [4.78, 5) is 2.59. The molecule has 1 aliphatic heterocycles. The maximum absolute atomic E-state index is 5.91. The van der Waals surface area contributed by atoms with Crippen LogP contribution in [0.15, 0.2) is 24.3 Å². The van der Waals surface area contributed by atoms with Gasteiger partial charge in [0.25, 0.3) is 0 Å².